The highest BCUT2D eigenvalue weighted by Crippen LogP contribution is 2.44. The summed E-state index contributed by atoms with van der Waals surface area (Å²) in [6.07, 6.45) is 2.34. The third-order valence-electron chi connectivity index (χ3n) is 5.08. The minimum absolute atomic E-state index is 0.100. The molecule has 1 atom stereocenters. The first-order valence-corrected chi connectivity index (χ1v) is 9.33. The Bertz CT molecular complexity index is 996. The van der Waals surface area contributed by atoms with E-state index in [0.29, 0.717) is 41.8 Å². The number of methoxy groups -OCH3 is 3. The van der Waals surface area contributed by atoms with Crippen LogP contribution in [0.4, 0.5) is 0 Å². The Kier molecular flexibility index (Phi) is 5.26. The molecule has 0 spiro atoms. The van der Waals surface area contributed by atoms with Gasteiger partial charge in [-0.1, -0.05) is 0 Å². The molecule has 0 radical (unpaired) electrons. The van der Waals surface area contributed by atoms with Crippen molar-refractivity contribution >= 4 is 5.91 Å². The molecule has 0 fully saturated rings. The summed E-state index contributed by atoms with van der Waals surface area (Å²) in [6, 6.07) is 8.92. The van der Waals surface area contributed by atoms with Crippen molar-refractivity contribution in [3.05, 3.63) is 53.6 Å². The number of ether oxygens (including phenoxy) is 3. The van der Waals surface area contributed by atoms with Crippen LogP contribution in [-0.2, 0) is 4.74 Å². The summed E-state index contributed by atoms with van der Waals surface area (Å²) in [5, 5.41) is 7.37. The third kappa shape index (κ3) is 3.25. The van der Waals surface area contributed by atoms with Crippen molar-refractivity contribution in [2.45, 2.75) is 12.5 Å². The minimum atomic E-state index is -0.355. The zero-order valence-electron chi connectivity index (χ0n) is 16.6. The number of benzene rings is 1. The second-order valence-electron chi connectivity index (χ2n) is 6.69. The van der Waals surface area contributed by atoms with Crippen LogP contribution < -0.4 is 9.47 Å². The Morgan fingerprint density at radius 1 is 1.17 bits per heavy atom. The minimum Gasteiger partial charge on any atom is -0.493 e. The highest BCUT2D eigenvalue weighted by molar-refractivity contribution is 6.00. The van der Waals surface area contributed by atoms with Crippen LogP contribution in [0.5, 0.6) is 11.5 Å². The average Bonchev–Trinajstić information content (AvgIpc) is 3.47. The lowest BCUT2D eigenvalue weighted by Crippen LogP contribution is -2.31. The summed E-state index contributed by atoms with van der Waals surface area (Å²) in [5.41, 5.74) is 2.79. The summed E-state index contributed by atoms with van der Waals surface area (Å²) in [5.74, 6) is 1.82. The molecule has 1 aromatic carbocycles. The molecule has 8 heteroatoms. The maximum Gasteiger partial charge on any atom is 0.273 e. The smallest absolute Gasteiger partial charge is 0.273 e. The molecule has 0 saturated carbocycles. The molecule has 3 aromatic rings. The van der Waals surface area contributed by atoms with E-state index in [4.69, 9.17) is 18.6 Å². The number of aromatic amines is 1. The van der Waals surface area contributed by atoms with Crippen LogP contribution >= 0.6 is 0 Å². The van der Waals surface area contributed by atoms with Crippen LogP contribution in [0.15, 0.2) is 41.0 Å². The molecule has 0 bridgehead atoms. The summed E-state index contributed by atoms with van der Waals surface area (Å²) in [4.78, 5) is 14.9. The summed E-state index contributed by atoms with van der Waals surface area (Å²) < 4.78 is 21.6. The Balaban J connectivity index is 1.79. The summed E-state index contributed by atoms with van der Waals surface area (Å²) in [6.45, 7) is 1.12. The fourth-order valence-corrected chi connectivity index (χ4v) is 3.75. The van der Waals surface area contributed by atoms with Gasteiger partial charge in [0.15, 0.2) is 11.5 Å². The van der Waals surface area contributed by atoms with Gasteiger partial charge >= 0.3 is 0 Å². The molecule has 0 saturated heterocycles. The lowest BCUT2D eigenvalue weighted by Gasteiger charge is -2.24. The standard InChI is InChI=1S/C21H23N3O5/c1-26-10-5-9-24-20(15-6-4-11-29-15)17-18(22-23-19(17)21(24)25)13-7-8-14(27-2)16(12-13)28-3/h4,6-8,11-12,20H,5,9-10H2,1-3H3,(H,22,23). The highest BCUT2D eigenvalue weighted by Gasteiger charge is 2.43. The van der Waals surface area contributed by atoms with Gasteiger partial charge in [-0.3, -0.25) is 9.89 Å². The van der Waals surface area contributed by atoms with E-state index in [1.807, 2.05) is 30.3 Å². The van der Waals surface area contributed by atoms with E-state index in [1.165, 1.54) is 0 Å². The number of fused-ring (bicyclic) bond motifs is 1. The monoisotopic (exact) mass is 397 g/mol. The van der Waals surface area contributed by atoms with Crippen molar-refractivity contribution in [3.8, 4) is 22.8 Å². The van der Waals surface area contributed by atoms with Crippen LogP contribution in [0.1, 0.15) is 34.3 Å². The molecule has 0 aliphatic carbocycles. The predicted octanol–water partition coefficient (Wildman–Crippen LogP) is 3.27. The summed E-state index contributed by atoms with van der Waals surface area (Å²) in [7, 11) is 4.83. The molecular weight excluding hydrogens is 374 g/mol. The number of hydrogen-bond acceptors (Lipinski definition) is 6. The molecule has 1 aliphatic heterocycles. The van der Waals surface area contributed by atoms with E-state index >= 15 is 0 Å². The van der Waals surface area contributed by atoms with Crippen molar-refractivity contribution in [1.82, 2.24) is 15.1 Å². The molecule has 1 unspecified atom stereocenters. The number of furan rings is 1. The lowest BCUT2D eigenvalue weighted by atomic mass is 9.99. The van der Waals surface area contributed by atoms with Gasteiger partial charge in [0.1, 0.15) is 17.5 Å². The van der Waals surface area contributed by atoms with Crippen molar-refractivity contribution < 1.29 is 23.4 Å². The molecular formula is C21H23N3O5. The van der Waals surface area contributed by atoms with Gasteiger partial charge in [-0.05, 0) is 36.8 Å². The molecule has 3 heterocycles. The van der Waals surface area contributed by atoms with Gasteiger partial charge < -0.3 is 23.5 Å². The number of aromatic nitrogens is 2. The number of hydrogen-bond donors (Lipinski definition) is 1. The number of carbonyl (C=O) groups excluding carboxylic acids is 1. The number of nitrogens with zero attached hydrogens (tertiary/aromatic N) is 2. The number of carbonyl (C=O) groups is 1. The van der Waals surface area contributed by atoms with E-state index in [9.17, 15) is 4.79 Å². The highest BCUT2D eigenvalue weighted by atomic mass is 16.5. The molecule has 29 heavy (non-hydrogen) atoms. The van der Waals surface area contributed by atoms with Crippen LogP contribution in [-0.4, -0.2) is 55.5 Å². The van der Waals surface area contributed by atoms with Crippen LogP contribution in [0, 0.1) is 0 Å². The quantitative estimate of drug-likeness (QED) is 0.587. The van der Waals surface area contributed by atoms with Gasteiger partial charge in [-0.15, -0.1) is 0 Å². The van der Waals surface area contributed by atoms with Gasteiger partial charge in [0.2, 0.25) is 0 Å². The Morgan fingerprint density at radius 2 is 2.00 bits per heavy atom. The first kappa shape index (κ1) is 19.1. The second kappa shape index (κ2) is 8.00. The number of amides is 1. The topological polar surface area (TPSA) is 89.8 Å². The van der Waals surface area contributed by atoms with Crippen molar-refractivity contribution in [2.75, 3.05) is 34.5 Å². The van der Waals surface area contributed by atoms with E-state index in [1.54, 1.807) is 32.5 Å². The molecule has 8 nitrogen and oxygen atoms in total. The van der Waals surface area contributed by atoms with Crippen molar-refractivity contribution in [1.29, 1.82) is 0 Å². The van der Waals surface area contributed by atoms with E-state index in [2.05, 4.69) is 10.2 Å². The Labute approximate surface area is 168 Å². The van der Waals surface area contributed by atoms with Crippen LogP contribution in [0.2, 0.25) is 0 Å². The number of H-pyrrole nitrogens is 1. The first-order chi connectivity index (χ1) is 14.2. The van der Waals surface area contributed by atoms with Gasteiger partial charge in [-0.2, -0.15) is 5.10 Å². The third-order valence-corrected chi connectivity index (χ3v) is 5.08. The number of rotatable bonds is 8. The molecule has 4 rings (SSSR count). The van der Waals surface area contributed by atoms with Crippen LogP contribution in [0.3, 0.4) is 0 Å². The fourth-order valence-electron chi connectivity index (χ4n) is 3.75. The van der Waals surface area contributed by atoms with Gasteiger partial charge in [-0.25, -0.2) is 0 Å². The molecule has 1 amide bonds. The lowest BCUT2D eigenvalue weighted by molar-refractivity contribution is 0.0708. The maximum absolute atomic E-state index is 13.1. The van der Waals surface area contributed by atoms with E-state index in [-0.39, 0.29) is 11.9 Å². The zero-order valence-corrected chi connectivity index (χ0v) is 16.6. The number of nitrogens with one attached hydrogen (secondary N) is 1. The van der Waals surface area contributed by atoms with Gasteiger partial charge in [0.05, 0.1) is 26.2 Å². The second-order valence-corrected chi connectivity index (χ2v) is 6.69. The predicted molar refractivity (Wildman–Crippen MR) is 105 cm³/mol. The molecule has 152 valence electrons. The van der Waals surface area contributed by atoms with E-state index in [0.717, 1.165) is 17.5 Å². The molecule has 1 N–H and O–H groups in total. The Hall–Kier alpha value is -3.26. The first-order valence-electron chi connectivity index (χ1n) is 9.33. The fraction of sp³-hybridized carbons (Fsp3) is 0.333. The average molecular weight is 397 g/mol. The molecule has 1 aliphatic rings. The summed E-state index contributed by atoms with van der Waals surface area (Å²) >= 11 is 0. The van der Waals surface area contributed by atoms with E-state index < -0.39 is 0 Å². The largest absolute Gasteiger partial charge is 0.493 e. The Morgan fingerprint density at radius 3 is 2.69 bits per heavy atom. The van der Waals surface area contributed by atoms with Crippen molar-refractivity contribution in [2.24, 2.45) is 0 Å². The maximum atomic E-state index is 13.1. The van der Waals surface area contributed by atoms with Gasteiger partial charge in [0.25, 0.3) is 5.91 Å². The zero-order chi connectivity index (χ0) is 20.4. The van der Waals surface area contributed by atoms with Crippen molar-refractivity contribution in [3.63, 3.8) is 0 Å². The normalized spacial score (nSPS) is 15.6. The van der Waals surface area contributed by atoms with Crippen LogP contribution in [0.25, 0.3) is 11.3 Å². The SMILES string of the molecule is COCCCN1C(=O)c2[nH]nc(-c3ccc(OC)c(OC)c3)c2C1c1ccco1. The van der Waals surface area contributed by atoms with Gasteiger partial charge in [0, 0.05) is 31.4 Å². The molecule has 2 aromatic heterocycles.